The fourth-order valence-corrected chi connectivity index (χ4v) is 5.19. The third kappa shape index (κ3) is 5.57. The lowest BCUT2D eigenvalue weighted by Gasteiger charge is -2.11. The summed E-state index contributed by atoms with van der Waals surface area (Å²) in [6.45, 7) is 4.65. The van der Waals surface area contributed by atoms with Crippen molar-refractivity contribution in [2.75, 3.05) is 17.7 Å². The van der Waals surface area contributed by atoms with E-state index in [2.05, 4.69) is 19.3 Å². The van der Waals surface area contributed by atoms with Gasteiger partial charge in [0.25, 0.3) is 5.91 Å². The summed E-state index contributed by atoms with van der Waals surface area (Å²) >= 11 is 0. The van der Waals surface area contributed by atoms with E-state index in [-0.39, 0.29) is 22.1 Å². The van der Waals surface area contributed by atoms with Gasteiger partial charge in [0.2, 0.25) is 0 Å². The van der Waals surface area contributed by atoms with Gasteiger partial charge in [0, 0.05) is 17.9 Å². The lowest BCUT2D eigenvalue weighted by atomic mass is 10.0. The molecule has 0 radical (unpaired) electrons. The van der Waals surface area contributed by atoms with E-state index in [1.807, 2.05) is 32.0 Å². The Morgan fingerprint density at radius 3 is 2.41 bits per heavy atom. The van der Waals surface area contributed by atoms with Gasteiger partial charge in [0.15, 0.2) is 11.5 Å². The molecule has 0 aliphatic heterocycles. The molecular weight excluding hydrogens is 455 g/mol. The molecule has 1 atom stereocenters. The summed E-state index contributed by atoms with van der Waals surface area (Å²) in [6, 6.07) is 10.6. The molecule has 0 saturated heterocycles. The van der Waals surface area contributed by atoms with Gasteiger partial charge in [-0.1, -0.05) is 23.8 Å². The molecule has 2 aromatic carbocycles. The highest BCUT2D eigenvalue weighted by atomic mass is 32.2. The second kappa shape index (κ2) is 8.79. The van der Waals surface area contributed by atoms with Gasteiger partial charge in [-0.25, -0.2) is 9.97 Å². The van der Waals surface area contributed by atoms with Crippen LogP contribution in [0.5, 0.6) is 0 Å². The maximum atomic E-state index is 12.7. The average Bonchev–Trinajstić information content (AvgIpc) is 2.67. The summed E-state index contributed by atoms with van der Waals surface area (Å²) in [5.41, 5.74) is 9.34. The highest BCUT2D eigenvalue weighted by Crippen LogP contribution is 2.40. The largest absolute Gasteiger partial charge is 0.382 e. The third-order valence-corrected chi connectivity index (χ3v) is 7.05. The summed E-state index contributed by atoms with van der Waals surface area (Å²) in [4.78, 5) is 29.9. The molecule has 12 heteroatoms. The van der Waals surface area contributed by atoms with Crippen molar-refractivity contribution < 1.29 is 26.6 Å². The highest BCUT2D eigenvalue weighted by Gasteiger charge is 2.25. The van der Waals surface area contributed by atoms with Crippen LogP contribution in [0.15, 0.2) is 53.6 Å². The molecule has 3 rings (SSSR count). The number of hydrogen-bond acceptors (Lipinski definition) is 8. The van der Waals surface area contributed by atoms with Crippen molar-refractivity contribution in [1.82, 2.24) is 9.97 Å². The number of anilines is 2. The normalized spacial score (nSPS) is 13.4. The molecule has 10 nitrogen and oxygen atoms in total. The molecular formula is C20H21N4O6PS. The van der Waals surface area contributed by atoms with Crippen LogP contribution in [0.2, 0.25) is 0 Å². The monoisotopic (exact) mass is 476 g/mol. The SMILES string of the molecule is Cc1ccc(-c2cnc(N)c(C(=O)Nc3ccc(S(=O)(=O)OP(C)(=O)O)cc3)n2)c(C)c1. The van der Waals surface area contributed by atoms with E-state index in [4.69, 9.17) is 10.6 Å². The zero-order valence-corrected chi connectivity index (χ0v) is 19.1. The molecule has 1 amide bonds. The van der Waals surface area contributed by atoms with Crippen LogP contribution in [0, 0.1) is 13.8 Å². The van der Waals surface area contributed by atoms with E-state index in [0.717, 1.165) is 35.5 Å². The van der Waals surface area contributed by atoms with Crippen LogP contribution < -0.4 is 11.1 Å². The number of nitrogens with zero attached hydrogens (tertiary/aromatic N) is 2. The fourth-order valence-electron chi connectivity index (χ4n) is 2.92. The third-order valence-electron chi connectivity index (χ3n) is 4.31. The smallest absolute Gasteiger partial charge is 0.339 e. The van der Waals surface area contributed by atoms with E-state index in [0.29, 0.717) is 5.69 Å². The Labute approximate surface area is 185 Å². The summed E-state index contributed by atoms with van der Waals surface area (Å²) in [6.07, 6.45) is 1.48. The van der Waals surface area contributed by atoms with Gasteiger partial charge in [-0.15, -0.1) is 0 Å². The molecule has 1 aromatic heterocycles. The van der Waals surface area contributed by atoms with Crippen molar-refractivity contribution in [1.29, 1.82) is 0 Å². The maximum absolute atomic E-state index is 12.7. The molecule has 0 spiro atoms. The van der Waals surface area contributed by atoms with Crippen molar-refractivity contribution in [2.24, 2.45) is 0 Å². The Morgan fingerprint density at radius 1 is 1.16 bits per heavy atom. The zero-order chi connectivity index (χ0) is 23.7. The molecule has 3 aromatic rings. The Bertz CT molecular complexity index is 1340. The minimum atomic E-state index is -4.43. The first-order valence-electron chi connectivity index (χ1n) is 9.24. The van der Waals surface area contributed by atoms with E-state index < -0.39 is 23.6 Å². The number of aryl methyl sites for hydroxylation is 2. The number of nitrogen functional groups attached to an aromatic ring is 1. The van der Waals surface area contributed by atoms with Crippen molar-refractivity contribution in [2.45, 2.75) is 18.7 Å². The number of amides is 1. The van der Waals surface area contributed by atoms with Crippen molar-refractivity contribution >= 4 is 35.1 Å². The molecule has 0 aliphatic rings. The summed E-state index contributed by atoms with van der Waals surface area (Å²) < 4.78 is 39.5. The van der Waals surface area contributed by atoms with Crippen molar-refractivity contribution in [3.8, 4) is 11.3 Å². The summed E-state index contributed by atoms with van der Waals surface area (Å²) in [5, 5.41) is 2.57. The molecule has 0 saturated carbocycles. The quantitative estimate of drug-likeness (QED) is 0.454. The number of hydrogen-bond donors (Lipinski definition) is 3. The molecule has 0 fully saturated rings. The Kier molecular flexibility index (Phi) is 6.47. The number of carbonyl (C=O) groups excluding carboxylic acids is 1. The molecule has 0 aliphatic carbocycles. The van der Waals surface area contributed by atoms with E-state index in [9.17, 15) is 17.8 Å². The van der Waals surface area contributed by atoms with Gasteiger partial charge in [-0.2, -0.15) is 12.4 Å². The van der Waals surface area contributed by atoms with Crippen LogP contribution in [0.25, 0.3) is 11.3 Å². The first-order chi connectivity index (χ1) is 14.9. The molecule has 1 heterocycles. The molecule has 4 N–H and O–H groups in total. The lowest BCUT2D eigenvalue weighted by molar-refractivity contribution is 0.102. The first-order valence-corrected chi connectivity index (χ1v) is 12.7. The van der Waals surface area contributed by atoms with E-state index in [1.165, 1.54) is 18.3 Å². The molecule has 0 bridgehead atoms. The second-order valence-corrected chi connectivity index (χ2v) is 10.7. The lowest BCUT2D eigenvalue weighted by Crippen LogP contribution is -2.17. The number of aromatic nitrogens is 2. The summed E-state index contributed by atoms with van der Waals surface area (Å²) in [5.74, 6) is -0.702. The molecule has 168 valence electrons. The van der Waals surface area contributed by atoms with E-state index in [1.54, 1.807) is 0 Å². The van der Waals surface area contributed by atoms with Gasteiger partial charge >= 0.3 is 17.7 Å². The predicted octanol–water partition coefficient (Wildman–Crippen LogP) is 3.12. The van der Waals surface area contributed by atoms with Crippen LogP contribution in [0.1, 0.15) is 21.6 Å². The summed E-state index contributed by atoms with van der Waals surface area (Å²) in [7, 11) is -8.69. The van der Waals surface area contributed by atoms with Crippen LogP contribution in [0.3, 0.4) is 0 Å². The Morgan fingerprint density at radius 2 is 1.81 bits per heavy atom. The second-order valence-electron chi connectivity index (χ2n) is 7.12. The minimum Gasteiger partial charge on any atom is -0.382 e. The van der Waals surface area contributed by atoms with Crippen LogP contribution in [0.4, 0.5) is 11.5 Å². The van der Waals surface area contributed by atoms with Crippen molar-refractivity contribution in [3.63, 3.8) is 0 Å². The number of benzene rings is 2. The molecule has 32 heavy (non-hydrogen) atoms. The molecule has 1 unspecified atom stereocenters. The number of nitrogens with two attached hydrogens (primary N) is 1. The maximum Gasteiger partial charge on any atom is 0.339 e. The predicted molar refractivity (Wildman–Crippen MR) is 120 cm³/mol. The topological polar surface area (TPSA) is 162 Å². The van der Waals surface area contributed by atoms with Gasteiger partial charge in [0.05, 0.1) is 16.8 Å². The van der Waals surface area contributed by atoms with Crippen molar-refractivity contribution in [3.05, 3.63) is 65.5 Å². The zero-order valence-electron chi connectivity index (χ0n) is 17.4. The fraction of sp³-hybridized carbons (Fsp3) is 0.150. The minimum absolute atomic E-state index is 0.0646. The Balaban J connectivity index is 1.84. The van der Waals surface area contributed by atoms with Gasteiger partial charge in [0.1, 0.15) is 0 Å². The Hall–Kier alpha value is -3.11. The van der Waals surface area contributed by atoms with Crippen LogP contribution in [-0.2, 0) is 18.7 Å². The highest BCUT2D eigenvalue weighted by molar-refractivity contribution is 7.91. The number of nitrogens with one attached hydrogen (secondary N) is 1. The number of carbonyl (C=O) groups is 1. The number of rotatable bonds is 6. The van der Waals surface area contributed by atoms with Gasteiger partial charge < -0.3 is 15.9 Å². The van der Waals surface area contributed by atoms with Gasteiger partial charge in [-0.05, 0) is 43.7 Å². The van der Waals surface area contributed by atoms with Crippen LogP contribution >= 0.6 is 7.60 Å². The van der Waals surface area contributed by atoms with Gasteiger partial charge in [-0.3, -0.25) is 9.36 Å². The van der Waals surface area contributed by atoms with E-state index >= 15 is 0 Å². The first kappa shape index (κ1) is 23.6. The standard InChI is InChI=1S/C20H21N4O6PS/c1-12-4-9-16(13(2)10-12)17-11-22-19(21)18(24-17)20(25)23-14-5-7-15(8-6-14)32(28,29)30-31(3,26)27/h4-11H,1-3H3,(H2,21,22)(H,23,25)(H,26,27). The van der Waals surface area contributed by atoms with Crippen LogP contribution in [-0.4, -0.2) is 35.9 Å². The average molecular weight is 476 g/mol.